The van der Waals surface area contributed by atoms with E-state index in [-0.39, 0.29) is 29.0 Å². The number of nitrogens with one attached hydrogen (secondary N) is 1. The molecule has 0 radical (unpaired) electrons. The van der Waals surface area contributed by atoms with Gasteiger partial charge in [0, 0.05) is 24.7 Å². The molecule has 8 nitrogen and oxygen atoms in total. The fraction of sp³-hybridized carbons (Fsp3) is 0.500. The summed E-state index contributed by atoms with van der Waals surface area (Å²) in [5.41, 5.74) is 0.668. The monoisotopic (exact) mass is 443 g/mol. The molecule has 2 aliphatic heterocycles. The topological polar surface area (TPSA) is 89.9 Å². The standard InChI is InChI=1S/C22H26N3O5P/c26-19-15(21(27)23-9-13-5-2-1-3-6-13)10-24-11-17-25(22(28)18(24)20(19)30-31)16-8-4-7-14(16)12-29-17/h1-2,5,10,14,16-17H,3-4,6-9,11-12,31H2,(H,23,27)/t14-,16-,17?/m0/s1. The van der Waals surface area contributed by atoms with Crippen LogP contribution in [-0.4, -0.2) is 46.7 Å². The number of nitrogens with zero attached hydrogens (tertiary/aromatic N) is 2. The predicted octanol–water partition coefficient (Wildman–Crippen LogP) is 2.00. The summed E-state index contributed by atoms with van der Waals surface area (Å²) in [5, 5.41) is 2.82. The van der Waals surface area contributed by atoms with E-state index in [2.05, 4.69) is 11.4 Å². The van der Waals surface area contributed by atoms with Gasteiger partial charge in [-0.2, -0.15) is 0 Å². The molecule has 2 fully saturated rings. The Labute approximate surface area is 182 Å². The van der Waals surface area contributed by atoms with Crippen molar-refractivity contribution in [3.05, 3.63) is 51.5 Å². The fourth-order valence-corrected chi connectivity index (χ4v) is 5.40. The van der Waals surface area contributed by atoms with Crippen molar-refractivity contribution in [2.24, 2.45) is 5.92 Å². The van der Waals surface area contributed by atoms with E-state index in [4.69, 9.17) is 9.26 Å². The average molecular weight is 443 g/mol. The number of carbonyl (C=O) groups excluding carboxylic acids is 2. The molecule has 2 unspecified atom stereocenters. The van der Waals surface area contributed by atoms with Crippen LogP contribution in [0.2, 0.25) is 0 Å². The van der Waals surface area contributed by atoms with Gasteiger partial charge in [-0.15, -0.1) is 0 Å². The van der Waals surface area contributed by atoms with Crippen molar-refractivity contribution >= 4 is 21.3 Å². The van der Waals surface area contributed by atoms with E-state index >= 15 is 0 Å². The van der Waals surface area contributed by atoms with Crippen LogP contribution in [0.15, 0.2) is 34.8 Å². The second-order valence-electron chi connectivity index (χ2n) is 8.55. The number of aromatic nitrogens is 1. The molecular formula is C22H26N3O5P. The van der Waals surface area contributed by atoms with Crippen LogP contribution in [-0.2, 0) is 11.3 Å². The van der Waals surface area contributed by atoms with Crippen LogP contribution >= 0.6 is 9.47 Å². The van der Waals surface area contributed by atoms with Crippen molar-refractivity contribution in [2.45, 2.75) is 50.9 Å². The zero-order valence-corrected chi connectivity index (χ0v) is 18.4. The number of hydrogen-bond donors (Lipinski definition) is 1. The zero-order chi connectivity index (χ0) is 21.5. The SMILES string of the molecule is O=C(NCC1=CC=CCC1)c1cn2c(c(OP)c1=O)C(=O)N1C(C2)OC[C@@H]2CCC[C@@H]21. The molecule has 4 atom stereocenters. The second-order valence-corrected chi connectivity index (χ2v) is 8.79. The minimum Gasteiger partial charge on any atom is -0.474 e. The Bertz CT molecular complexity index is 1050. The molecular weight excluding hydrogens is 417 g/mol. The summed E-state index contributed by atoms with van der Waals surface area (Å²) in [4.78, 5) is 41.1. The van der Waals surface area contributed by atoms with Gasteiger partial charge in [0.2, 0.25) is 5.43 Å². The van der Waals surface area contributed by atoms with Crippen molar-refractivity contribution in [2.75, 3.05) is 13.2 Å². The summed E-state index contributed by atoms with van der Waals surface area (Å²) in [6.07, 6.45) is 12.0. The fourth-order valence-electron chi connectivity index (χ4n) is 5.18. The molecule has 0 aromatic carbocycles. The molecule has 2 aliphatic carbocycles. The first-order valence-corrected chi connectivity index (χ1v) is 11.3. The van der Waals surface area contributed by atoms with E-state index in [1.165, 1.54) is 6.20 Å². The van der Waals surface area contributed by atoms with Crippen molar-refractivity contribution in [3.8, 4) is 5.75 Å². The third-order valence-corrected chi connectivity index (χ3v) is 6.99. The first-order valence-electron chi connectivity index (χ1n) is 10.8. The number of fused-ring (bicyclic) bond motifs is 4. The van der Waals surface area contributed by atoms with Gasteiger partial charge < -0.3 is 24.0 Å². The molecule has 3 heterocycles. The highest BCUT2D eigenvalue weighted by Gasteiger charge is 2.47. The van der Waals surface area contributed by atoms with Crippen LogP contribution in [0.5, 0.6) is 5.75 Å². The van der Waals surface area contributed by atoms with E-state index in [0.29, 0.717) is 25.6 Å². The number of carbonyl (C=O) groups is 2. The molecule has 2 amide bonds. The Morgan fingerprint density at radius 3 is 2.97 bits per heavy atom. The van der Waals surface area contributed by atoms with E-state index in [9.17, 15) is 14.4 Å². The summed E-state index contributed by atoms with van der Waals surface area (Å²) in [7, 11) is 2.04. The molecule has 1 aromatic heterocycles. The Morgan fingerprint density at radius 2 is 2.19 bits per heavy atom. The van der Waals surface area contributed by atoms with Gasteiger partial charge in [-0.3, -0.25) is 14.4 Å². The van der Waals surface area contributed by atoms with Gasteiger partial charge in [0.25, 0.3) is 11.8 Å². The lowest BCUT2D eigenvalue weighted by Crippen LogP contribution is -2.59. The maximum Gasteiger partial charge on any atom is 0.276 e. The van der Waals surface area contributed by atoms with Crippen LogP contribution in [0, 0.1) is 5.92 Å². The molecule has 1 saturated heterocycles. The van der Waals surface area contributed by atoms with Crippen LogP contribution in [0.25, 0.3) is 0 Å². The summed E-state index contributed by atoms with van der Waals surface area (Å²) >= 11 is 0. The second kappa shape index (κ2) is 8.24. The van der Waals surface area contributed by atoms with E-state index in [0.717, 1.165) is 37.7 Å². The Balaban J connectivity index is 1.46. The van der Waals surface area contributed by atoms with E-state index < -0.39 is 17.6 Å². The minimum absolute atomic E-state index is 0.0380. The van der Waals surface area contributed by atoms with Gasteiger partial charge in [-0.25, -0.2) is 0 Å². The summed E-state index contributed by atoms with van der Waals surface area (Å²) < 4.78 is 12.9. The van der Waals surface area contributed by atoms with E-state index in [1.807, 2.05) is 21.6 Å². The largest absolute Gasteiger partial charge is 0.474 e. The highest BCUT2D eigenvalue weighted by atomic mass is 31.0. The van der Waals surface area contributed by atoms with Crippen molar-refractivity contribution in [3.63, 3.8) is 0 Å². The highest BCUT2D eigenvalue weighted by molar-refractivity contribution is 7.10. The molecule has 164 valence electrons. The van der Waals surface area contributed by atoms with E-state index in [1.54, 1.807) is 9.47 Å². The Kier molecular flexibility index (Phi) is 5.44. The molecule has 5 rings (SSSR count). The third kappa shape index (κ3) is 3.52. The van der Waals surface area contributed by atoms with Gasteiger partial charge >= 0.3 is 0 Å². The predicted molar refractivity (Wildman–Crippen MR) is 117 cm³/mol. The number of pyridine rings is 1. The number of ether oxygens (including phenoxy) is 1. The summed E-state index contributed by atoms with van der Waals surface area (Å²) in [6.45, 7) is 1.38. The smallest absolute Gasteiger partial charge is 0.276 e. The van der Waals surface area contributed by atoms with Crippen LogP contribution in [0.1, 0.15) is 53.0 Å². The lowest BCUT2D eigenvalue weighted by Gasteiger charge is -2.46. The van der Waals surface area contributed by atoms with Crippen molar-refractivity contribution in [1.29, 1.82) is 0 Å². The number of allylic oxidation sites excluding steroid dienone is 3. The molecule has 1 N–H and O–H groups in total. The van der Waals surface area contributed by atoms with Crippen molar-refractivity contribution in [1.82, 2.24) is 14.8 Å². The number of hydrogen-bond acceptors (Lipinski definition) is 5. The maximum atomic E-state index is 13.4. The van der Waals surface area contributed by atoms with Crippen molar-refractivity contribution < 1.29 is 18.8 Å². The molecule has 1 aromatic rings. The lowest BCUT2D eigenvalue weighted by atomic mass is 9.98. The molecule has 31 heavy (non-hydrogen) atoms. The quantitative estimate of drug-likeness (QED) is 0.719. The number of amides is 2. The lowest BCUT2D eigenvalue weighted by molar-refractivity contribution is -0.134. The average Bonchev–Trinajstić information content (AvgIpc) is 3.27. The van der Waals surface area contributed by atoms with Gasteiger partial charge in [0.1, 0.15) is 5.56 Å². The summed E-state index contributed by atoms with van der Waals surface area (Å²) in [5.74, 6) is -0.517. The van der Waals surface area contributed by atoms with Gasteiger partial charge in [0.05, 0.1) is 22.6 Å². The van der Waals surface area contributed by atoms with Gasteiger partial charge in [0.15, 0.2) is 17.7 Å². The first kappa shape index (κ1) is 20.5. The zero-order valence-electron chi connectivity index (χ0n) is 17.2. The molecule has 4 aliphatic rings. The summed E-state index contributed by atoms with van der Waals surface area (Å²) in [6, 6.07) is 0.133. The number of rotatable bonds is 4. The molecule has 9 heteroatoms. The maximum absolute atomic E-state index is 13.4. The Morgan fingerprint density at radius 1 is 1.32 bits per heavy atom. The highest BCUT2D eigenvalue weighted by Crippen LogP contribution is 2.39. The molecule has 1 saturated carbocycles. The minimum atomic E-state index is -0.580. The normalized spacial score (nSPS) is 26.6. The molecule has 0 bridgehead atoms. The molecule has 0 spiro atoms. The van der Waals surface area contributed by atoms with Crippen LogP contribution < -0.4 is 15.3 Å². The van der Waals surface area contributed by atoms with Crippen LogP contribution in [0.3, 0.4) is 0 Å². The van der Waals surface area contributed by atoms with Gasteiger partial charge in [-0.1, -0.05) is 30.2 Å². The van der Waals surface area contributed by atoms with Gasteiger partial charge in [-0.05, 0) is 25.7 Å². The van der Waals surface area contributed by atoms with Crippen LogP contribution in [0.4, 0.5) is 0 Å². The Hall–Kier alpha value is -2.44. The third-order valence-electron chi connectivity index (χ3n) is 6.76. The first-order chi connectivity index (χ1) is 15.1.